The average molecular weight is 564 g/mol. The molecular formula is C29H37N7O3S. The Morgan fingerprint density at radius 1 is 1.25 bits per heavy atom. The Balaban J connectivity index is 1.33. The molecule has 2 aliphatic heterocycles. The van der Waals surface area contributed by atoms with Crippen LogP contribution < -0.4 is 20.5 Å². The number of nitrogens with two attached hydrogens (primary N) is 1. The van der Waals surface area contributed by atoms with Gasteiger partial charge in [0.05, 0.1) is 11.0 Å². The lowest BCUT2D eigenvalue weighted by Crippen LogP contribution is -2.38. The van der Waals surface area contributed by atoms with Crippen molar-refractivity contribution in [3.63, 3.8) is 0 Å². The number of piperidine rings is 1. The van der Waals surface area contributed by atoms with Crippen molar-refractivity contribution in [1.82, 2.24) is 25.3 Å². The highest BCUT2D eigenvalue weighted by Crippen LogP contribution is 2.48. The quantitative estimate of drug-likeness (QED) is 0.429. The lowest BCUT2D eigenvalue weighted by atomic mass is 9.72. The number of rotatable bonds is 7. The minimum atomic E-state index is -0.595. The number of fused-ring (bicyclic) bond motifs is 1. The van der Waals surface area contributed by atoms with Crippen molar-refractivity contribution >= 4 is 16.3 Å². The molecule has 11 heteroatoms. The number of nitrogens with one attached hydrogen (secondary N) is 1. The van der Waals surface area contributed by atoms with Crippen LogP contribution in [0.1, 0.15) is 74.3 Å². The van der Waals surface area contributed by atoms with E-state index in [-0.39, 0.29) is 12.2 Å². The fraction of sp³-hybridized carbons (Fsp3) is 0.586. The largest absolute Gasteiger partial charge is 0.490 e. The van der Waals surface area contributed by atoms with Crippen molar-refractivity contribution in [2.24, 2.45) is 0 Å². The summed E-state index contributed by atoms with van der Waals surface area (Å²) in [5.74, 6) is 2.02. The third-order valence-corrected chi connectivity index (χ3v) is 9.75. The molecule has 0 bridgehead atoms. The number of likely N-dealkylation sites (tertiary alicyclic amines) is 1. The zero-order chi connectivity index (χ0) is 27.9. The average Bonchev–Trinajstić information content (AvgIpc) is 3.68. The number of pyridine rings is 1. The number of nitrogen functional groups attached to an aromatic ring is 1. The van der Waals surface area contributed by atoms with Crippen LogP contribution in [0, 0.1) is 11.3 Å². The lowest BCUT2D eigenvalue weighted by Gasteiger charge is -2.30. The molecular weight excluding hydrogens is 526 g/mol. The van der Waals surface area contributed by atoms with Gasteiger partial charge in [-0.25, -0.2) is 4.98 Å². The highest BCUT2D eigenvalue weighted by atomic mass is 32.1. The molecule has 3 aromatic rings. The molecule has 2 saturated heterocycles. The molecule has 212 valence electrons. The van der Waals surface area contributed by atoms with Gasteiger partial charge in [0.2, 0.25) is 17.6 Å². The van der Waals surface area contributed by atoms with Crippen molar-refractivity contribution < 1.29 is 14.0 Å². The number of hydrogen-bond acceptors (Lipinski definition) is 11. The molecule has 0 spiro atoms. The predicted molar refractivity (Wildman–Crippen MR) is 153 cm³/mol. The molecule has 2 fully saturated rings. The summed E-state index contributed by atoms with van der Waals surface area (Å²) < 4.78 is 18.7. The number of hydrogen-bond donors (Lipinski definition) is 2. The van der Waals surface area contributed by atoms with E-state index in [1.165, 1.54) is 17.8 Å². The summed E-state index contributed by atoms with van der Waals surface area (Å²) in [7, 11) is 2.14. The monoisotopic (exact) mass is 563 g/mol. The van der Waals surface area contributed by atoms with Gasteiger partial charge in [0, 0.05) is 28.6 Å². The van der Waals surface area contributed by atoms with Crippen LogP contribution in [0.3, 0.4) is 0 Å². The molecule has 10 nitrogen and oxygen atoms in total. The maximum absolute atomic E-state index is 9.85. The summed E-state index contributed by atoms with van der Waals surface area (Å²) in [5, 5.41) is 18.1. The maximum Gasteiger partial charge on any atom is 0.237 e. The van der Waals surface area contributed by atoms with Crippen molar-refractivity contribution in [3.05, 3.63) is 34.0 Å². The van der Waals surface area contributed by atoms with E-state index in [2.05, 4.69) is 42.3 Å². The second-order valence-corrected chi connectivity index (χ2v) is 12.6. The van der Waals surface area contributed by atoms with Gasteiger partial charge in [0.1, 0.15) is 34.7 Å². The first-order valence-electron chi connectivity index (χ1n) is 14.3. The molecule has 40 heavy (non-hydrogen) atoms. The Kier molecular flexibility index (Phi) is 7.42. The zero-order valence-electron chi connectivity index (χ0n) is 23.4. The van der Waals surface area contributed by atoms with Crippen LogP contribution >= 0.6 is 11.3 Å². The highest BCUT2D eigenvalue weighted by Gasteiger charge is 2.43. The highest BCUT2D eigenvalue weighted by molar-refractivity contribution is 7.16. The van der Waals surface area contributed by atoms with Gasteiger partial charge in [-0.3, -0.25) is 4.90 Å². The van der Waals surface area contributed by atoms with Crippen LogP contribution in [0.25, 0.3) is 11.5 Å². The van der Waals surface area contributed by atoms with Gasteiger partial charge in [-0.2, -0.15) is 10.2 Å². The minimum absolute atomic E-state index is 0.0316. The first-order chi connectivity index (χ1) is 19.4. The number of nitrogens with zero attached hydrogens (tertiary/aromatic N) is 5. The molecule has 3 aromatic heterocycles. The molecule has 3 N–H and O–H groups in total. The third kappa shape index (κ3) is 5.04. The molecule has 0 amide bonds. The molecule has 3 atom stereocenters. The zero-order valence-corrected chi connectivity index (χ0v) is 24.2. The van der Waals surface area contributed by atoms with E-state index in [1.807, 2.05) is 12.1 Å². The molecule has 0 radical (unpaired) electrons. The molecule has 0 aromatic carbocycles. The second kappa shape index (κ2) is 11.0. The predicted octanol–water partition coefficient (Wildman–Crippen LogP) is 4.28. The van der Waals surface area contributed by atoms with Crippen LogP contribution in [0.2, 0.25) is 0 Å². The molecule has 1 unspecified atom stereocenters. The van der Waals surface area contributed by atoms with E-state index in [9.17, 15) is 5.26 Å². The summed E-state index contributed by atoms with van der Waals surface area (Å²) in [6.45, 7) is 7.10. The molecule has 0 saturated carbocycles. The van der Waals surface area contributed by atoms with Crippen molar-refractivity contribution in [1.29, 1.82) is 5.26 Å². The van der Waals surface area contributed by atoms with Gasteiger partial charge in [-0.05, 0) is 85.5 Å². The second-order valence-electron chi connectivity index (χ2n) is 11.5. The fourth-order valence-electron chi connectivity index (χ4n) is 6.49. The lowest BCUT2D eigenvalue weighted by molar-refractivity contribution is 0.115. The number of nitriles is 1. The van der Waals surface area contributed by atoms with Gasteiger partial charge in [-0.15, -0.1) is 11.3 Å². The molecule has 3 aliphatic rings. The summed E-state index contributed by atoms with van der Waals surface area (Å²) >= 11 is 1.49. The van der Waals surface area contributed by atoms with Crippen LogP contribution in [-0.4, -0.2) is 65.0 Å². The van der Waals surface area contributed by atoms with E-state index in [4.69, 9.17) is 29.7 Å². The van der Waals surface area contributed by atoms with E-state index in [0.717, 1.165) is 68.6 Å². The normalized spacial score (nSPS) is 24.4. The Morgan fingerprint density at radius 3 is 2.83 bits per heavy atom. The number of likely N-dealkylation sites (N-methyl/N-ethyl adjacent to an activating group) is 1. The van der Waals surface area contributed by atoms with Gasteiger partial charge in [-0.1, -0.05) is 5.16 Å². The number of aromatic nitrogens is 3. The first kappa shape index (κ1) is 27.0. The summed E-state index contributed by atoms with van der Waals surface area (Å²) in [6.07, 6.45) is 6.88. The van der Waals surface area contributed by atoms with Crippen LogP contribution in [0.15, 0.2) is 16.7 Å². The van der Waals surface area contributed by atoms with Gasteiger partial charge < -0.3 is 25.0 Å². The van der Waals surface area contributed by atoms with Crippen molar-refractivity contribution in [2.45, 2.75) is 82.5 Å². The Labute approximate surface area is 238 Å². The van der Waals surface area contributed by atoms with Gasteiger partial charge >= 0.3 is 0 Å². The number of thiophene rings is 1. The van der Waals surface area contributed by atoms with Crippen LogP contribution in [-0.2, 0) is 11.8 Å². The van der Waals surface area contributed by atoms with E-state index < -0.39 is 5.41 Å². The van der Waals surface area contributed by atoms with Gasteiger partial charge in [0.15, 0.2) is 0 Å². The van der Waals surface area contributed by atoms with Crippen molar-refractivity contribution in [3.8, 4) is 29.2 Å². The molecule has 6 rings (SSSR count). The van der Waals surface area contributed by atoms with E-state index >= 15 is 0 Å². The standard InChI is InChI=1S/C29H37N7O3S/c1-17(22-6-5-13-36(22)3)37-24-15-19(38-18-8-11-32-12-9-18)14-21(33-24)27-34-28(39-35-27)29(2)10-4-7-23-25(29)20(16-30)26(31)40-23/h14-15,17-18,22,32H,4-13,31H2,1-3H3/t17-,22-,29?/m0/s1. The number of aryl methyl sites for hydroxylation is 1. The minimum Gasteiger partial charge on any atom is -0.490 e. The fourth-order valence-corrected chi connectivity index (χ4v) is 7.68. The Hall–Kier alpha value is -3.20. The van der Waals surface area contributed by atoms with Crippen LogP contribution in [0.5, 0.6) is 11.6 Å². The summed E-state index contributed by atoms with van der Waals surface area (Å²) in [5.41, 5.74) is 7.61. The van der Waals surface area contributed by atoms with Crippen LogP contribution in [0.4, 0.5) is 5.00 Å². The van der Waals surface area contributed by atoms with Gasteiger partial charge in [0.25, 0.3) is 0 Å². The van der Waals surface area contributed by atoms with E-state index in [1.54, 1.807) is 0 Å². The molecule has 5 heterocycles. The number of anilines is 1. The smallest absolute Gasteiger partial charge is 0.237 e. The SMILES string of the molecule is C[C@H](Oc1cc(OC2CCNCC2)cc(-c2noc(C3(C)CCCc4sc(N)c(C#N)c43)n2)n1)[C@@H]1CCCN1C. The van der Waals surface area contributed by atoms with E-state index in [0.29, 0.717) is 45.6 Å². The molecule has 1 aliphatic carbocycles. The maximum atomic E-state index is 9.85. The topological polar surface area (TPSA) is 135 Å². The summed E-state index contributed by atoms with van der Waals surface area (Å²) in [6, 6.07) is 6.39. The first-order valence-corrected chi connectivity index (χ1v) is 15.1. The number of ether oxygens (including phenoxy) is 2. The summed E-state index contributed by atoms with van der Waals surface area (Å²) in [4.78, 5) is 13.1. The van der Waals surface area contributed by atoms with Crippen molar-refractivity contribution in [2.75, 3.05) is 32.4 Å². The Bertz CT molecular complexity index is 1410. The third-order valence-electron chi connectivity index (χ3n) is 8.67. The Morgan fingerprint density at radius 2 is 2.08 bits per heavy atom.